The van der Waals surface area contributed by atoms with Crippen LogP contribution in [-0.2, 0) is 0 Å². The highest BCUT2D eigenvalue weighted by Crippen LogP contribution is 2.31. The fourth-order valence-electron chi connectivity index (χ4n) is 2.03. The number of nitro groups is 1. The van der Waals surface area contributed by atoms with E-state index in [9.17, 15) is 15.2 Å². The van der Waals surface area contributed by atoms with E-state index in [-0.39, 0.29) is 17.3 Å². The standard InChI is InChI=1S/C11H16N4O3/c1-11(16)4-6-14(7-5-11)10-8(15(17)18)2-3-9(12)13-10/h2-3,16H,4-7H2,1H3,(H2,12,13). The van der Waals surface area contributed by atoms with E-state index >= 15 is 0 Å². The van der Waals surface area contributed by atoms with E-state index in [0.717, 1.165) is 0 Å². The summed E-state index contributed by atoms with van der Waals surface area (Å²) in [4.78, 5) is 16.3. The smallest absolute Gasteiger partial charge is 0.311 e. The molecule has 7 nitrogen and oxygen atoms in total. The van der Waals surface area contributed by atoms with Gasteiger partial charge in [-0.15, -0.1) is 0 Å². The highest BCUT2D eigenvalue weighted by Gasteiger charge is 2.31. The number of aliphatic hydroxyl groups is 1. The van der Waals surface area contributed by atoms with Gasteiger partial charge in [-0.05, 0) is 25.8 Å². The zero-order chi connectivity index (χ0) is 13.3. The highest BCUT2D eigenvalue weighted by molar-refractivity contribution is 5.61. The molecule has 1 aliphatic rings. The lowest BCUT2D eigenvalue weighted by molar-refractivity contribution is -0.384. The Morgan fingerprint density at radius 3 is 2.67 bits per heavy atom. The Bertz CT molecular complexity index is 465. The van der Waals surface area contributed by atoms with Crippen LogP contribution in [0.3, 0.4) is 0 Å². The number of anilines is 2. The topological polar surface area (TPSA) is 106 Å². The number of nitrogens with zero attached hydrogens (tertiary/aromatic N) is 3. The van der Waals surface area contributed by atoms with E-state index in [1.807, 2.05) is 0 Å². The average molecular weight is 252 g/mol. The van der Waals surface area contributed by atoms with E-state index in [4.69, 9.17) is 5.73 Å². The van der Waals surface area contributed by atoms with Gasteiger partial charge in [-0.25, -0.2) is 4.98 Å². The maximum atomic E-state index is 11.0. The third-order valence-electron chi connectivity index (χ3n) is 3.21. The minimum Gasteiger partial charge on any atom is -0.390 e. The Balaban J connectivity index is 2.28. The van der Waals surface area contributed by atoms with Gasteiger partial charge in [0.15, 0.2) is 0 Å². The first-order valence-electron chi connectivity index (χ1n) is 5.77. The third-order valence-corrected chi connectivity index (χ3v) is 3.21. The molecule has 0 atom stereocenters. The zero-order valence-electron chi connectivity index (χ0n) is 10.2. The van der Waals surface area contributed by atoms with Gasteiger partial charge >= 0.3 is 5.69 Å². The predicted octanol–water partition coefficient (Wildman–Crippen LogP) is 0.923. The van der Waals surface area contributed by atoms with Crippen molar-refractivity contribution in [2.24, 2.45) is 0 Å². The third kappa shape index (κ3) is 2.51. The second-order valence-electron chi connectivity index (χ2n) is 4.82. The summed E-state index contributed by atoms with van der Waals surface area (Å²) < 4.78 is 0. The summed E-state index contributed by atoms with van der Waals surface area (Å²) in [5.74, 6) is 0.545. The number of hydrogen-bond donors (Lipinski definition) is 2. The molecule has 98 valence electrons. The molecule has 0 aromatic carbocycles. The minimum atomic E-state index is -0.703. The van der Waals surface area contributed by atoms with Crippen molar-refractivity contribution in [2.75, 3.05) is 23.7 Å². The van der Waals surface area contributed by atoms with Crippen molar-refractivity contribution in [1.29, 1.82) is 0 Å². The number of nitrogen functional groups attached to an aromatic ring is 1. The van der Waals surface area contributed by atoms with Gasteiger partial charge < -0.3 is 15.7 Å². The summed E-state index contributed by atoms with van der Waals surface area (Å²) in [6.07, 6.45) is 1.11. The molecule has 1 aromatic rings. The molecule has 0 saturated carbocycles. The highest BCUT2D eigenvalue weighted by atomic mass is 16.6. The molecule has 7 heteroatoms. The molecule has 0 amide bonds. The summed E-state index contributed by atoms with van der Waals surface area (Å²) in [7, 11) is 0. The van der Waals surface area contributed by atoms with Gasteiger partial charge in [-0.3, -0.25) is 10.1 Å². The van der Waals surface area contributed by atoms with E-state index in [1.54, 1.807) is 11.8 Å². The fourth-order valence-corrected chi connectivity index (χ4v) is 2.03. The van der Waals surface area contributed by atoms with Crippen LogP contribution in [0.4, 0.5) is 17.3 Å². The summed E-state index contributed by atoms with van der Waals surface area (Å²) in [6.45, 7) is 2.83. The van der Waals surface area contributed by atoms with Gasteiger partial charge in [0.1, 0.15) is 5.82 Å². The Kier molecular flexibility index (Phi) is 3.08. The first kappa shape index (κ1) is 12.6. The molecular formula is C11H16N4O3. The summed E-state index contributed by atoms with van der Waals surface area (Å²) in [5.41, 5.74) is 4.82. The monoisotopic (exact) mass is 252 g/mol. The predicted molar refractivity (Wildman–Crippen MR) is 67.4 cm³/mol. The average Bonchev–Trinajstić information content (AvgIpc) is 2.28. The van der Waals surface area contributed by atoms with Crippen LogP contribution < -0.4 is 10.6 Å². The maximum Gasteiger partial charge on any atom is 0.311 e. The Morgan fingerprint density at radius 1 is 1.50 bits per heavy atom. The van der Waals surface area contributed by atoms with Crippen LogP contribution in [0.5, 0.6) is 0 Å². The van der Waals surface area contributed by atoms with Gasteiger partial charge in [-0.1, -0.05) is 0 Å². The number of hydrogen-bond acceptors (Lipinski definition) is 6. The van der Waals surface area contributed by atoms with Crippen LogP contribution >= 0.6 is 0 Å². The Morgan fingerprint density at radius 2 is 2.11 bits per heavy atom. The largest absolute Gasteiger partial charge is 0.390 e. The van der Waals surface area contributed by atoms with Crippen LogP contribution in [0, 0.1) is 10.1 Å². The lowest BCUT2D eigenvalue weighted by Gasteiger charge is -2.36. The van der Waals surface area contributed by atoms with Gasteiger partial charge in [0, 0.05) is 19.2 Å². The molecule has 18 heavy (non-hydrogen) atoms. The minimum absolute atomic E-state index is 0.0502. The molecule has 1 aliphatic heterocycles. The number of nitrogens with two attached hydrogens (primary N) is 1. The van der Waals surface area contributed by atoms with Crippen molar-refractivity contribution in [3.63, 3.8) is 0 Å². The molecule has 1 fully saturated rings. The molecular weight excluding hydrogens is 236 g/mol. The number of piperidine rings is 1. The Labute approximate surface area is 104 Å². The number of pyridine rings is 1. The first-order valence-corrected chi connectivity index (χ1v) is 5.77. The molecule has 0 radical (unpaired) electrons. The van der Waals surface area contributed by atoms with Gasteiger partial charge in [0.25, 0.3) is 0 Å². The lowest BCUT2D eigenvalue weighted by atomic mass is 9.94. The van der Waals surface area contributed by atoms with E-state index in [2.05, 4.69) is 4.98 Å². The normalized spacial score (nSPS) is 18.7. The van der Waals surface area contributed by atoms with Crippen molar-refractivity contribution in [3.8, 4) is 0 Å². The zero-order valence-corrected chi connectivity index (χ0v) is 10.2. The van der Waals surface area contributed by atoms with Crippen molar-refractivity contribution in [3.05, 3.63) is 22.2 Å². The second-order valence-corrected chi connectivity index (χ2v) is 4.82. The Hall–Kier alpha value is -1.89. The molecule has 3 N–H and O–H groups in total. The van der Waals surface area contributed by atoms with Crippen LogP contribution in [-0.4, -0.2) is 33.7 Å². The quantitative estimate of drug-likeness (QED) is 0.599. The molecule has 0 spiro atoms. The van der Waals surface area contributed by atoms with E-state index in [0.29, 0.717) is 25.9 Å². The summed E-state index contributed by atoms with van der Waals surface area (Å²) in [6, 6.07) is 2.78. The van der Waals surface area contributed by atoms with Crippen molar-refractivity contribution in [2.45, 2.75) is 25.4 Å². The second kappa shape index (κ2) is 4.41. The molecule has 0 aliphatic carbocycles. The van der Waals surface area contributed by atoms with Crippen molar-refractivity contribution >= 4 is 17.3 Å². The van der Waals surface area contributed by atoms with Gasteiger partial charge in [0.05, 0.1) is 10.5 Å². The molecule has 2 rings (SSSR count). The SMILES string of the molecule is CC1(O)CCN(c2nc(N)ccc2[N+](=O)[O-])CC1. The molecule has 0 unspecified atom stereocenters. The molecule has 1 aromatic heterocycles. The lowest BCUT2D eigenvalue weighted by Crippen LogP contribution is -2.43. The van der Waals surface area contributed by atoms with Crippen molar-refractivity contribution in [1.82, 2.24) is 4.98 Å². The molecule has 0 bridgehead atoms. The van der Waals surface area contributed by atoms with Gasteiger partial charge in [-0.2, -0.15) is 0 Å². The number of rotatable bonds is 2. The van der Waals surface area contributed by atoms with Crippen LogP contribution in [0.25, 0.3) is 0 Å². The fraction of sp³-hybridized carbons (Fsp3) is 0.545. The van der Waals surface area contributed by atoms with E-state index in [1.165, 1.54) is 12.1 Å². The summed E-state index contributed by atoms with van der Waals surface area (Å²) >= 11 is 0. The van der Waals surface area contributed by atoms with Crippen LogP contribution in [0.1, 0.15) is 19.8 Å². The van der Waals surface area contributed by atoms with Crippen molar-refractivity contribution < 1.29 is 10.0 Å². The molecule has 1 saturated heterocycles. The van der Waals surface area contributed by atoms with E-state index < -0.39 is 10.5 Å². The van der Waals surface area contributed by atoms with Gasteiger partial charge in [0.2, 0.25) is 5.82 Å². The van der Waals surface area contributed by atoms with Crippen LogP contribution in [0.2, 0.25) is 0 Å². The molecule has 2 heterocycles. The number of aromatic nitrogens is 1. The first-order chi connectivity index (χ1) is 8.39. The maximum absolute atomic E-state index is 11.0. The van der Waals surface area contributed by atoms with Crippen LogP contribution in [0.15, 0.2) is 12.1 Å². The summed E-state index contributed by atoms with van der Waals surface area (Å²) in [5, 5.41) is 20.8.